The van der Waals surface area contributed by atoms with Crippen molar-refractivity contribution in [2.24, 2.45) is 0 Å². The zero-order valence-corrected chi connectivity index (χ0v) is 11.1. The van der Waals surface area contributed by atoms with Crippen LogP contribution in [0.25, 0.3) is 0 Å². The summed E-state index contributed by atoms with van der Waals surface area (Å²) >= 11 is 0. The molecule has 0 aromatic heterocycles. The van der Waals surface area contributed by atoms with E-state index in [1.54, 1.807) is 6.92 Å². The molecular formula is C14H20O4. The number of rotatable bonds is 4. The van der Waals surface area contributed by atoms with E-state index in [4.69, 9.17) is 10.2 Å². The minimum Gasteiger partial charge on any atom is -0.478 e. The summed E-state index contributed by atoms with van der Waals surface area (Å²) in [7, 11) is 0. The first kappa shape index (κ1) is 16.2. The van der Waals surface area contributed by atoms with Crippen LogP contribution in [0.5, 0.6) is 0 Å². The fourth-order valence-corrected chi connectivity index (χ4v) is 1.34. The third-order valence-corrected chi connectivity index (χ3v) is 2.42. The van der Waals surface area contributed by atoms with E-state index in [1.165, 1.54) is 31.4 Å². The lowest BCUT2D eigenvalue weighted by Crippen LogP contribution is -2.03. The molecule has 0 spiro atoms. The molecule has 100 valence electrons. The van der Waals surface area contributed by atoms with Crippen LogP contribution in [-0.4, -0.2) is 22.2 Å². The molecule has 0 amide bonds. The molecule has 1 aromatic carbocycles. The van der Waals surface area contributed by atoms with Gasteiger partial charge in [0.15, 0.2) is 0 Å². The average Bonchev–Trinajstić information content (AvgIpc) is 2.30. The average molecular weight is 252 g/mol. The molecule has 0 heterocycles. The number of carboxylic acids is 2. The fraction of sp³-hybridized carbons (Fsp3) is 0.429. The first-order valence-corrected chi connectivity index (χ1v) is 6.01. The molecule has 0 bridgehead atoms. The Labute approximate surface area is 107 Å². The lowest BCUT2D eigenvalue weighted by Gasteiger charge is -2.01. The quantitative estimate of drug-likeness (QED) is 0.858. The Kier molecular flexibility index (Phi) is 7.43. The second kappa shape index (κ2) is 8.28. The molecular weight excluding hydrogens is 232 g/mol. The standard InChI is InChI=1S/C9H8O4.C5H12/c1-5-2-3-6(8(10)11)4-7(5)9(12)13;1-3-5-4-2/h2-4H,1H3,(H,10,11)(H,12,13);3-5H2,1-2H3. The van der Waals surface area contributed by atoms with E-state index >= 15 is 0 Å². The van der Waals surface area contributed by atoms with Crippen molar-refractivity contribution in [3.05, 3.63) is 34.9 Å². The molecule has 0 aliphatic carbocycles. The molecule has 0 saturated carbocycles. The predicted molar refractivity (Wildman–Crippen MR) is 70.3 cm³/mol. The molecule has 0 saturated heterocycles. The summed E-state index contributed by atoms with van der Waals surface area (Å²) in [5.41, 5.74) is 0.570. The summed E-state index contributed by atoms with van der Waals surface area (Å²) in [6.45, 7) is 6.04. The maximum Gasteiger partial charge on any atom is 0.335 e. The third kappa shape index (κ3) is 5.48. The Morgan fingerprint density at radius 3 is 1.94 bits per heavy atom. The van der Waals surface area contributed by atoms with Gasteiger partial charge in [-0.2, -0.15) is 0 Å². The first-order chi connectivity index (χ1) is 8.43. The van der Waals surface area contributed by atoms with Crippen molar-refractivity contribution < 1.29 is 19.8 Å². The summed E-state index contributed by atoms with van der Waals surface area (Å²) in [6.07, 6.45) is 4.08. The lowest BCUT2D eigenvalue weighted by molar-refractivity contribution is 0.0695. The Hall–Kier alpha value is -1.84. The maximum absolute atomic E-state index is 10.6. The second-order valence-corrected chi connectivity index (χ2v) is 3.99. The summed E-state index contributed by atoms with van der Waals surface area (Å²) in [5, 5.41) is 17.3. The van der Waals surface area contributed by atoms with E-state index in [2.05, 4.69) is 13.8 Å². The highest BCUT2D eigenvalue weighted by Crippen LogP contribution is 2.11. The molecule has 0 aliphatic rings. The number of aryl methyl sites for hydroxylation is 1. The van der Waals surface area contributed by atoms with E-state index in [1.807, 2.05) is 0 Å². The highest BCUT2D eigenvalue weighted by atomic mass is 16.4. The van der Waals surface area contributed by atoms with E-state index in [9.17, 15) is 9.59 Å². The Morgan fingerprint density at radius 2 is 1.61 bits per heavy atom. The highest BCUT2D eigenvalue weighted by Gasteiger charge is 2.10. The van der Waals surface area contributed by atoms with Gasteiger partial charge < -0.3 is 10.2 Å². The zero-order chi connectivity index (χ0) is 14.1. The van der Waals surface area contributed by atoms with E-state index in [-0.39, 0.29) is 11.1 Å². The molecule has 1 rings (SSSR count). The number of benzene rings is 1. The molecule has 4 nitrogen and oxygen atoms in total. The van der Waals surface area contributed by atoms with Crippen molar-refractivity contribution in [1.82, 2.24) is 0 Å². The topological polar surface area (TPSA) is 74.6 Å². The van der Waals surface area contributed by atoms with Gasteiger partial charge in [-0.15, -0.1) is 0 Å². The van der Waals surface area contributed by atoms with Gasteiger partial charge in [0.05, 0.1) is 11.1 Å². The number of unbranched alkanes of at least 4 members (excludes halogenated alkanes) is 2. The van der Waals surface area contributed by atoms with Gasteiger partial charge in [0, 0.05) is 0 Å². The Morgan fingerprint density at radius 1 is 1.06 bits per heavy atom. The number of carbonyl (C=O) groups is 2. The minimum absolute atomic E-state index is 0.0111. The zero-order valence-electron chi connectivity index (χ0n) is 11.1. The molecule has 1 aromatic rings. The molecule has 0 fully saturated rings. The van der Waals surface area contributed by atoms with Crippen molar-refractivity contribution in [3.63, 3.8) is 0 Å². The number of hydrogen-bond acceptors (Lipinski definition) is 2. The second-order valence-electron chi connectivity index (χ2n) is 3.99. The molecule has 0 unspecified atom stereocenters. The molecule has 2 N–H and O–H groups in total. The van der Waals surface area contributed by atoms with Crippen LogP contribution in [0, 0.1) is 6.92 Å². The molecule has 0 aliphatic heterocycles. The molecule has 0 atom stereocenters. The maximum atomic E-state index is 10.6. The van der Waals surface area contributed by atoms with Crippen LogP contribution in [0.2, 0.25) is 0 Å². The fourth-order valence-electron chi connectivity index (χ4n) is 1.34. The van der Waals surface area contributed by atoms with E-state index in [0.717, 1.165) is 6.07 Å². The number of hydrogen-bond donors (Lipinski definition) is 2. The van der Waals surface area contributed by atoms with Gasteiger partial charge in [0.25, 0.3) is 0 Å². The smallest absolute Gasteiger partial charge is 0.335 e. The first-order valence-electron chi connectivity index (χ1n) is 6.01. The summed E-state index contributed by atoms with van der Waals surface area (Å²) in [5.74, 6) is -2.23. The Bertz CT molecular complexity index is 408. The SMILES string of the molecule is CCCCC.Cc1ccc(C(=O)O)cc1C(=O)O. The van der Waals surface area contributed by atoms with Crippen LogP contribution in [0.1, 0.15) is 59.4 Å². The van der Waals surface area contributed by atoms with Crippen LogP contribution >= 0.6 is 0 Å². The molecule has 18 heavy (non-hydrogen) atoms. The number of aromatic carboxylic acids is 2. The van der Waals surface area contributed by atoms with Gasteiger partial charge in [0.2, 0.25) is 0 Å². The van der Waals surface area contributed by atoms with Gasteiger partial charge in [0.1, 0.15) is 0 Å². The van der Waals surface area contributed by atoms with Crippen molar-refractivity contribution in [2.45, 2.75) is 40.0 Å². The van der Waals surface area contributed by atoms with Crippen LogP contribution in [0.15, 0.2) is 18.2 Å². The van der Waals surface area contributed by atoms with Crippen molar-refractivity contribution in [3.8, 4) is 0 Å². The predicted octanol–water partition coefficient (Wildman–Crippen LogP) is 3.59. The minimum atomic E-state index is -1.12. The van der Waals surface area contributed by atoms with Gasteiger partial charge >= 0.3 is 11.9 Å². The highest BCUT2D eigenvalue weighted by molar-refractivity contribution is 5.94. The lowest BCUT2D eigenvalue weighted by atomic mass is 10.1. The van der Waals surface area contributed by atoms with Crippen LogP contribution in [0.4, 0.5) is 0 Å². The van der Waals surface area contributed by atoms with Gasteiger partial charge in [-0.3, -0.25) is 0 Å². The van der Waals surface area contributed by atoms with Gasteiger partial charge in [-0.25, -0.2) is 9.59 Å². The van der Waals surface area contributed by atoms with Crippen molar-refractivity contribution in [2.75, 3.05) is 0 Å². The van der Waals surface area contributed by atoms with E-state index in [0.29, 0.717) is 5.56 Å². The normalized spacial score (nSPS) is 9.28. The van der Waals surface area contributed by atoms with Crippen LogP contribution in [0.3, 0.4) is 0 Å². The molecule has 0 radical (unpaired) electrons. The third-order valence-electron chi connectivity index (χ3n) is 2.42. The molecule has 4 heteroatoms. The van der Waals surface area contributed by atoms with Crippen molar-refractivity contribution >= 4 is 11.9 Å². The monoisotopic (exact) mass is 252 g/mol. The van der Waals surface area contributed by atoms with Gasteiger partial charge in [-0.1, -0.05) is 39.2 Å². The Balaban J connectivity index is 0.000000494. The number of carboxylic acid groups (broad SMARTS) is 2. The van der Waals surface area contributed by atoms with E-state index < -0.39 is 11.9 Å². The van der Waals surface area contributed by atoms with Crippen molar-refractivity contribution in [1.29, 1.82) is 0 Å². The largest absolute Gasteiger partial charge is 0.478 e. The van der Waals surface area contributed by atoms with Crippen LogP contribution in [-0.2, 0) is 0 Å². The summed E-state index contributed by atoms with van der Waals surface area (Å²) in [6, 6.07) is 4.01. The van der Waals surface area contributed by atoms with Gasteiger partial charge in [-0.05, 0) is 24.6 Å². The van der Waals surface area contributed by atoms with Crippen LogP contribution < -0.4 is 0 Å². The summed E-state index contributed by atoms with van der Waals surface area (Å²) in [4.78, 5) is 21.1. The summed E-state index contributed by atoms with van der Waals surface area (Å²) < 4.78 is 0.